The van der Waals surface area contributed by atoms with Gasteiger partial charge in [0.15, 0.2) is 0 Å². The molecule has 1 saturated heterocycles. The maximum absolute atomic E-state index is 3.48. The Balaban J connectivity index is 2.26. The second-order valence-corrected chi connectivity index (χ2v) is 3.24. The maximum Gasteiger partial charge on any atom is 0.0476 e. The Hall–Kier alpha value is 0.394. The van der Waals surface area contributed by atoms with Crippen LogP contribution in [-0.4, -0.2) is 31.8 Å². The summed E-state index contributed by atoms with van der Waals surface area (Å²) in [6.07, 6.45) is 2.45. The molecule has 0 aliphatic carbocycles. The first-order valence-corrected chi connectivity index (χ1v) is 3.63. The zero-order valence-corrected chi connectivity index (χ0v) is 6.07. The van der Waals surface area contributed by atoms with Crippen LogP contribution >= 0.6 is 0 Å². The second-order valence-electron chi connectivity index (χ2n) is 1.85. The molecule has 0 saturated carbocycles. The first kappa shape index (κ1) is 5.53. The zero-order valence-electron chi connectivity index (χ0n) is 4.07. The van der Waals surface area contributed by atoms with Gasteiger partial charge in [0, 0.05) is 20.5 Å². The van der Waals surface area contributed by atoms with E-state index in [4.69, 9.17) is 0 Å². The second kappa shape index (κ2) is 2.11. The lowest BCUT2D eigenvalue weighted by molar-refractivity contribution is 0.757. The fourth-order valence-corrected chi connectivity index (χ4v) is 1.65. The fourth-order valence-electron chi connectivity index (χ4n) is 0.743. The van der Waals surface area contributed by atoms with Gasteiger partial charge < -0.3 is 5.32 Å². The van der Waals surface area contributed by atoms with E-state index in [9.17, 15) is 0 Å². The van der Waals surface area contributed by atoms with Crippen molar-refractivity contribution in [3.05, 3.63) is 0 Å². The van der Waals surface area contributed by atoms with Gasteiger partial charge in [0.2, 0.25) is 0 Å². The van der Waals surface area contributed by atoms with Crippen molar-refractivity contribution >= 4 is 20.5 Å². The molecular weight excluding hydrogens is 118 g/mol. The normalized spacial score (nSPS) is 42.0. The predicted molar refractivity (Wildman–Crippen MR) is 31.5 cm³/mol. The van der Waals surface area contributed by atoms with Gasteiger partial charge in [0.1, 0.15) is 0 Å². The minimum atomic E-state index is 0.530. The number of hydrogen-bond acceptors (Lipinski definition) is 1. The number of hydrogen-bond donors (Lipinski definition) is 1. The molecule has 0 amide bonds. The Morgan fingerprint density at radius 2 is 1.57 bits per heavy atom. The van der Waals surface area contributed by atoms with Crippen LogP contribution in [0.3, 0.4) is 0 Å². The van der Waals surface area contributed by atoms with Gasteiger partial charge in [0.05, 0.1) is 0 Å². The van der Waals surface area contributed by atoms with E-state index in [2.05, 4.69) is 25.8 Å². The van der Waals surface area contributed by atoms with Crippen molar-refractivity contribution in [2.75, 3.05) is 0 Å². The third-order valence-corrected chi connectivity index (χ3v) is 2.06. The molecule has 1 aliphatic rings. The van der Waals surface area contributed by atoms with E-state index in [-0.39, 0.29) is 0 Å². The monoisotopic (exact) mass is 125 g/mol. The lowest BCUT2D eigenvalue weighted by atomic mass is 10.4. The van der Waals surface area contributed by atoms with E-state index >= 15 is 0 Å². The van der Waals surface area contributed by atoms with Crippen LogP contribution in [0.25, 0.3) is 0 Å². The third-order valence-electron chi connectivity index (χ3n) is 1.15. The topological polar surface area (TPSA) is 12.0 Å². The van der Waals surface area contributed by atoms with Gasteiger partial charge in [-0.15, -0.1) is 0 Å². The Morgan fingerprint density at radius 3 is 1.71 bits per heavy atom. The minimum Gasteiger partial charge on any atom is -0.318 e. The summed E-state index contributed by atoms with van der Waals surface area (Å²) in [5, 5.41) is 3.24. The van der Waals surface area contributed by atoms with Crippen molar-refractivity contribution in [1.82, 2.24) is 5.32 Å². The van der Waals surface area contributed by atoms with Gasteiger partial charge in [-0.1, -0.05) is 0 Å². The zero-order chi connectivity index (χ0) is 5.28. The number of nitrogens with one attached hydrogen (secondary N) is 1. The van der Waals surface area contributed by atoms with Crippen molar-refractivity contribution in [3.8, 4) is 0 Å². The molecule has 0 aromatic carbocycles. The van der Waals surface area contributed by atoms with E-state index in [0.717, 1.165) is 0 Å². The molecule has 0 aromatic heterocycles. The fraction of sp³-hybridized carbons (Fsp3) is 1.00. The van der Waals surface area contributed by atoms with Gasteiger partial charge in [0.25, 0.3) is 0 Å². The highest BCUT2D eigenvalue weighted by Crippen LogP contribution is 2.05. The Bertz CT molecular complexity index is 58.7. The molecule has 1 nitrogen and oxygen atoms in total. The highest BCUT2D eigenvalue weighted by atomic mass is 28.1. The van der Waals surface area contributed by atoms with E-state index in [1.54, 1.807) is 0 Å². The molecule has 36 valence electrons. The Labute approximate surface area is 50.7 Å². The molecule has 0 spiro atoms. The molecule has 1 aliphatic heterocycles. The summed E-state index contributed by atoms with van der Waals surface area (Å²) < 4.78 is 0. The highest BCUT2D eigenvalue weighted by molar-refractivity contribution is 6.15. The predicted octanol–water partition coefficient (Wildman–Crippen LogP) is -0.641. The van der Waals surface area contributed by atoms with Gasteiger partial charge in [-0.25, -0.2) is 0 Å². The van der Waals surface area contributed by atoms with Crippen LogP contribution in [0, 0.1) is 0 Å². The van der Waals surface area contributed by atoms with Crippen molar-refractivity contribution in [2.24, 2.45) is 0 Å². The van der Waals surface area contributed by atoms with Crippen molar-refractivity contribution in [1.29, 1.82) is 0 Å². The van der Waals surface area contributed by atoms with Crippen molar-refractivity contribution in [2.45, 2.75) is 24.2 Å². The molecule has 2 unspecified atom stereocenters. The van der Waals surface area contributed by atoms with E-state index < -0.39 is 0 Å². The molecule has 1 rings (SSSR count). The summed E-state index contributed by atoms with van der Waals surface area (Å²) in [4.78, 5) is 0. The average Bonchev–Trinajstić information content (AvgIpc) is 1.87. The molecular formula is C4H7NSi2. The van der Waals surface area contributed by atoms with E-state index in [1.807, 2.05) is 0 Å². The lowest BCUT2D eigenvalue weighted by Crippen LogP contribution is -2.29. The van der Waals surface area contributed by atoms with Crippen LogP contribution in [0.2, 0.25) is 0 Å². The summed E-state index contributed by atoms with van der Waals surface area (Å²) in [6, 6.07) is 0. The van der Waals surface area contributed by atoms with Crippen molar-refractivity contribution < 1.29 is 0 Å². The minimum absolute atomic E-state index is 0.530. The molecule has 1 fully saturated rings. The maximum atomic E-state index is 3.48. The van der Waals surface area contributed by atoms with Gasteiger partial charge in [-0.05, 0) is 24.2 Å². The summed E-state index contributed by atoms with van der Waals surface area (Å²) in [5.74, 6) is 0. The van der Waals surface area contributed by atoms with Gasteiger partial charge >= 0.3 is 0 Å². The molecule has 7 heavy (non-hydrogen) atoms. The summed E-state index contributed by atoms with van der Waals surface area (Å²) in [5.41, 5.74) is 1.06. The van der Waals surface area contributed by atoms with E-state index in [1.165, 1.54) is 12.8 Å². The van der Waals surface area contributed by atoms with Gasteiger partial charge in [-0.2, -0.15) is 0 Å². The summed E-state index contributed by atoms with van der Waals surface area (Å²) in [6.45, 7) is 0. The summed E-state index contributed by atoms with van der Waals surface area (Å²) in [7, 11) is 6.96. The van der Waals surface area contributed by atoms with Crippen LogP contribution < -0.4 is 5.32 Å². The molecule has 3 heteroatoms. The van der Waals surface area contributed by atoms with Crippen molar-refractivity contribution in [3.63, 3.8) is 0 Å². The quantitative estimate of drug-likeness (QED) is 0.425. The molecule has 2 atom stereocenters. The smallest absolute Gasteiger partial charge is 0.0476 e. The van der Waals surface area contributed by atoms with Crippen LogP contribution in [0.5, 0.6) is 0 Å². The van der Waals surface area contributed by atoms with Crippen LogP contribution in [0.4, 0.5) is 0 Å². The van der Waals surface area contributed by atoms with E-state index in [0.29, 0.717) is 11.3 Å². The van der Waals surface area contributed by atoms with Crippen LogP contribution in [0.1, 0.15) is 12.8 Å². The standard InChI is InChI=1S/C4H7NSi2/c6-3-1-2-4(7)5-3/h3-5H,1-2H2. The first-order chi connectivity index (χ1) is 3.29. The molecule has 1 N–H and O–H groups in total. The number of rotatable bonds is 0. The average molecular weight is 125 g/mol. The largest absolute Gasteiger partial charge is 0.318 e. The lowest BCUT2D eigenvalue weighted by Gasteiger charge is -2.01. The molecule has 1 heterocycles. The summed E-state index contributed by atoms with van der Waals surface area (Å²) >= 11 is 0. The highest BCUT2D eigenvalue weighted by Gasteiger charge is 2.14. The Kier molecular flexibility index (Phi) is 1.66. The molecule has 6 radical (unpaired) electrons. The van der Waals surface area contributed by atoms with Crippen LogP contribution in [-0.2, 0) is 0 Å². The molecule has 0 aromatic rings. The third kappa shape index (κ3) is 1.40. The van der Waals surface area contributed by atoms with Gasteiger partial charge in [-0.3, -0.25) is 0 Å². The first-order valence-electron chi connectivity index (χ1n) is 2.47. The van der Waals surface area contributed by atoms with Crippen LogP contribution in [0.15, 0.2) is 0 Å². The Morgan fingerprint density at radius 1 is 1.14 bits per heavy atom. The SMILES string of the molecule is [Si]C1CCC([Si])N1. The molecule has 0 bridgehead atoms.